The van der Waals surface area contributed by atoms with Crippen molar-refractivity contribution in [1.29, 1.82) is 0 Å². The number of hydrogen-bond acceptors (Lipinski definition) is 2. The average Bonchev–Trinajstić information content (AvgIpc) is 2.26. The molecule has 0 heterocycles. The standard InChI is InChI=1S/C14H28O2/c1-3-4-5-6-7-8-9-10-11-12-14(16)13(2)15/h14-16H,2-12H2,1H3. The summed E-state index contributed by atoms with van der Waals surface area (Å²) in [5.74, 6) is -0.0976. The van der Waals surface area contributed by atoms with E-state index in [-0.39, 0.29) is 5.76 Å². The topological polar surface area (TPSA) is 40.5 Å². The third kappa shape index (κ3) is 10.0. The summed E-state index contributed by atoms with van der Waals surface area (Å²) in [6.07, 6.45) is 11.4. The maximum absolute atomic E-state index is 9.28. The van der Waals surface area contributed by atoms with Crippen LogP contribution < -0.4 is 0 Å². The van der Waals surface area contributed by atoms with Gasteiger partial charge in [-0.25, -0.2) is 0 Å². The van der Waals surface area contributed by atoms with Gasteiger partial charge in [-0.1, -0.05) is 71.3 Å². The number of unbranched alkanes of at least 4 members (excludes halogenated alkanes) is 8. The van der Waals surface area contributed by atoms with Gasteiger partial charge in [0.15, 0.2) is 0 Å². The van der Waals surface area contributed by atoms with Gasteiger partial charge in [0.1, 0.15) is 11.9 Å². The van der Waals surface area contributed by atoms with Gasteiger partial charge in [-0.2, -0.15) is 0 Å². The summed E-state index contributed by atoms with van der Waals surface area (Å²) in [5.41, 5.74) is 0. The van der Waals surface area contributed by atoms with E-state index in [1.54, 1.807) is 0 Å². The van der Waals surface area contributed by atoms with Crippen LogP contribution in [0.3, 0.4) is 0 Å². The molecule has 1 atom stereocenters. The zero-order valence-corrected chi connectivity index (χ0v) is 10.7. The molecule has 2 N–H and O–H groups in total. The summed E-state index contributed by atoms with van der Waals surface area (Å²) in [4.78, 5) is 0. The fourth-order valence-corrected chi connectivity index (χ4v) is 1.81. The summed E-state index contributed by atoms with van der Waals surface area (Å²) < 4.78 is 0. The van der Waals surface area contributed by atoms with E-state index in [1.807, 2.05) is 0 Å². The molecule has 0 amide bonds. The van der Waals surface area contributed by atoms with Crippen molar-refractivity contribution in [2.24, 2.45) is 0 Å². The van der Waals surface area contributed by atoms with Crippen molar-refractivity contribution in [3.05, 3.63) is 12.3 Å². The van der Waals surface area contributed by atoms with Crippen LogP contribution in [0.4, 0.5) is 0 Å². The Morgan fingerprint density at radius 3 is 1.81 bits per heavy atom. The van der Waals surface area contributed by atoms with Crippen molar-refractivity contribution in [2.45, 2.75) is 77.2 Å². The molecule has 0 aromatic rings. The molecule has 96 valence electrons. The Bertz CT molecular complexity index is 166. The lowest BCUT2D eigenvalue weighted by Gasteiger charge is -2.07. The summed E-state index contributed by atoms with van der Waals surface area (Å²) in [5, 5.41) is 18.2. The molecular formula is C14H28O2. The van der Waals surface area contributed by atoms with Crippen LogP contribution in [0.5, 0.6) is 0 Å². The van der Waals surface area contributed by atoms with Crippen molar-refractivity contribution in [3.8, 4) is 0 Å². The highest BCUT2D eigenvalue weighted by molar-refractivity contribution is 4.88. The number of hydrogen-bond donors (Lipinski definition) is 2. The molecule has 0 radical (unpaired) electrons. The largest absolute Gasteiger partial charge is 0.510 e. The predicted molar refractivity (Wildman–Crippen MR) is 69.6 cm³/mol. The van der Waals surface area contributed by atoms with Gasteiger partial charge in [0.2, 0.25) is 0 Å². The van der Waals surface area contributed by atoms with Crippen LogP contribution in [-0.4, -0.2) is 16.3 Å². The van der Waals surface area contributed by atoms with Crippen molar-refractivity contribution in [1.82, 2.24) is 0 Å². The van der Waals surface area contributed by atoms with Gasteiger partial charge in [-0.15, -0.1) is 0 Å². The third-order valence-corrected chi connectivity index (χ3v) is 2.97. The van der Waals surface area contributed by atoms with E-state index in [2.05, 4.69) is 13.5 Å². The summed E-state index contributed by atoms with van der Waals surface area (Å²) in [6.45, 7) is 5.55. The molecule has 16 heavy (non-hydrogen) atoms. The third-order valence-electron chi connectivity index (χ3n) is 2.97. The summed E-state index contributed by atoms with van der Waals surface area (Å²) in [7, 11) is 0. The Balaban J connectivity index is 3.07. The van der Waals surface area contributed by atoms with Gasteiger partial charge in [0.05, 0.1) is 0 Å². The number of aliphatic hydroxyl groups excluding tert-OH is 2. The molecule has 0 aromatic carbocycles. The first kappa shape index (κ1) is 15.5. The van der Waals surface area contributed by atoms with E-state index in [9.17, 15) is 5.11 Å². The first-order chi connectivity index (χ1) is 7.68. The summed E-state index contributed by atoms with van der Waals surface area (Å²) in [6, 6.07) is 0. The molecule has 0 aromatic heterocycles. The first-order valence-electron chi connectivity index (χ1n) is 6.74. The SMILES string of the molecule is C=C(O)C(O)CCCCCCCCCCC. The van der Waals surface area contributed by atoms with Gasteiger partial charge >= 0.3 is 0 Å². The maximum Gasteiger partial charge on any atom is 0.114 e. The second kappa shape index (κ2) is 11.0. The van der Waals surface area contributed by atoms with Crippen LogP contribution in [-0.2, 0) is 0 Å². The predicted octanol–water partition coefficient (Wildman–Crippen LogP) is 4.34. The highest BCUT2D eigenvalue weighted by atomic mass is 16.3. The molecule has 0 rings (SSSR count). The van der Waals surface area contributed by atoms with Gasteiger partial charge in [-0.05, 0) is 6.42 Å². The quantitative estimate of drug-likeness (QED) is 0.408. The minimum Gasteiger partial charge on any atom is -0.510 e. The zero-order valence-electron chi connectivity index (χ0n) is 10.7. The molecule has 0 saturated heterocycles. The van der Waals surface area contributed by atoms with E-state index in [1.165, 1.54) is 44.9 Å². The van der Waals surface area contributed by atoms with Crippen molar-refractivity contribution in [2.75, 3.05) is 0 Å². The van der Waals surface area contributed by atoms with Gasteiger partial charge in [0.25, 0.3) is 0 Å². The monoisotopic (exact) mass is 228 g/mol. The molecule has 0 fully saturated rings. The van der Waals surface area contributed by atoms with E-state index < -0.39 is 6.10 Å². The normalized spacial score (nSPS) is 12.6. The van der Waals surface area contributed by atoms with Crippen molar-refractivity contribution < 1.29 is 10.2 Å². The molecule has 0 aliphatic rings. The lowest BCUT2D eigenvalue weighted by molar-refractivity contribution is 0.142. The second-order valence-electron chi connectivity index (χ2n) is 4.62. The molecule has 2 heteroatoms. The molecule has 0 aliphatic carbocycles. The van der Waals surface area contributed by atoms with Gasteiger partial charge in [-0.3, -0.25) is 0 Å². The number of rotatable bonds is 11. The van der Waals surface area contributed by atoms with Crippen LogP contribution in [0.1, 0.15) is 71.1 Å². The molecule has 0 aliphatic heterocycles. The fourth-order valence-electron chi connectivity index (χ4n) is 1.81. The Morgan fingerprint density at radius 1 is 0.938 bits per heavy atom. The van der Waals surface area contributed by atoms with E-state index in [0.29, 0.717) is 6.42 Å². The van der Waals surface area contributed by atoms with Crippen LogP contribution in [0, 0.1) is 0 Å². The zero-order chi connectivity index (χ0) is 12.2. The van der Waals surface area contributed by atoms with Crippen LogP contribution in [0.2, 0.25) is 0 Å². The van der Waals surface area contributed by atoms with Gasteiger partial charge in [0, 0.05) is 0 Å². The molecule has 0 bridgehead atoms. The Morgan fingerprint density at radius 2 is 1.38 bits per heavy atom. The molecule has 0 saturated carbocycles. The molecular weight excluding hydrogens is 200 g/mol. The highest BCUT2D eigenvalue weighted by Gasteiger charge is 2.05. The smallest absolute Gasteiger partial charge is 0.114 e. The van der Waals surface area contributed by atoms with E-state index >= 15 is 0 Å². The Kier molecular flexibility index (Phi) is 10.7. The lowest BCUT2D eigenvalue weighted by Crippen LogP contribution is -2.08. The van der Waals surface area contributed by atoms with E-state index in [4.69, 9.17) is 5.11 Å². The van der Waals surface area contributed by atoms with Crippen LogP contribution in [0.15, 0.2) is 12.3 Å². The second-order valence-corrected chi connectivity index (χ2v) is 4.62. The van der Waals surface area contributed by atoms with Crippen molar-refractivity contribution in [3.63, 3.8) is 0 Å². The van der Waals surface area contributed by atoms with E-state index in [0.717, 1.165) is 12.8 Å². The maximum atomic E-state index is 9.28. The number of aliphatic hydroxyl groups is 2. The minimum absolute atomic E-state index is 0.0976. The highest BCUT2D eigenvalue weighted by Crippen LogP contribution is 2.12. The van der Waals surface area contributed by atoms with Gasteiger partial charge < -0.3 is 10.2 Å². The lowest BCUT2D eigenvalue weighted by atomic mass is 10.0. The molecule has 1 unspecified atom stereocenters. The van der Waals surface area contributed by atoms with Crippen LogP contribution >= 0.6 is 0 Å². The minimum atomic E-state index is -0.718. The summed E-state index contributed by atoms with van der Waals surface area (Å²) >= 11 is 0. The molecule has 0 spiro atoms. The van der Waals surface area contributed by atoms with Crippen molar-refractivity contribution >= 4 is 0 Å². The Labute approximate surface area is 100 Å². The van der Waals surface area contributed by atoms with Crippen LogP contribution in [0.25, 0.3) is 0 Å². The first-order valence-corrected chi connectivity index (χ1v) is 6.74. The Hall–Kier alpha value is -0.500. The molecule has 2 nitrogen and oxygen atoms in total. The fraction of sp³-hybridized carbons (Fsp3) is 0.857. The average molecular weight is 228 g/mol.